The van der Waals surface area contributed by atoms with Gasteiger partial charge in [-0.1, -0.05) is 18.2 Å². The number of nitrogens with one attached hydrogen (secondary N) is 1. The first-order valence-electron chi connectivity index (χ1n) is 6.59. The summed E-state index contributed by atoms with van der Waals surface area (Å²) in [6, 6.07) is 12.0. The number of nitrogens with zero attached hydrogens (tertiary/aromatic N) is 2. The molecule has 0 atom stereocenters. The smallest absolute Gasteiger partial charge is 0.219 e. The zero-order valence-electron chi connectivity index (χ0n) is 11.8. The Hall–Kier alpha value is -2.36. The fourth-order valence-electron chi connectivity index (χ4n) is 1.90. The van der Waals surface area contributed by atoms with Gasteiger partial charge in [-0.05, 0) is 29.3 Å². The van der Waals surface area contributed by atoms with Crippen LogP contribution in [0.2, 0.25) is 0 Å². The molecule has 2 aromatic rings. The fourth-order valence-corrected chi connectivity index (χ4v) is 1.90. The summed E-state index contributed by atoms with van der Waals surface area (Å²) in [5.74, 6) is 0.0638. The number of benzene rings is 1. The lowest BCUT2D eigenvalue weighted by atomic mass is 10.1. The molecule has 0 bridgehead atoms. The molecule has 0 aliphatic carbocycles. The van der Waals surface area contributed by atoms with E-state index in [0.717, 1.165) is 17.8 Å². The zero-order valence-corrected chi connectivity index (χ0v) is 11.8. The number of rotatable bonds is 5. The molecule has 1 amide bonds. The summed E-state index contributed by atoms with van der Waals surface area (Å²) in [6.07, 6.45) is 3.57. The van der Waals surface area contributed by atoms with Gasteiger partial charge in [0.15, 0.2) is 0 Å². The van der Waals surface area contributed by atoms with Crippen LogP contribution in [0.3, 0.4) is 0 Å². The van der Waals surface area contributed by atoms with Crippen molar-refractivity contribution in [1.82, 2.24) is 9.88 Å². The van der Waals surface area contributed by atoms with E-state index in [1.165, 1.54) is 5.56 Å². The minimum Gasteiger partial charge on any atom is -0.381 e. The molecule has 0 spiro atoms. The van der Waals surface area contributed by atoms with Gasteiger partial charge in [0.1, 0.15) is 0 Å². The van der Waals surface area contributed by atoms with Gasteiger partial charge in [-0.15, -0.1) is 0 Å². The van der Waals surface area contributed by atoms with E-state index in [-0.39, 0.29) is 5.91 Å². The first-order chi connectivity index (χ1) is 9.66. The predicted molar refractivity (Wildman–Crippen MR) is 80.2 cm³/mol. The van der Waals surface area contributed by atoms with Gasteiger partial charge >= 0.3 is 0 Å². The Morgan fingerprint density at radius 2 is 1.90 bits per heavy atom. The van der Waals surface area contributed by atoms with Crippen molar-refractivity contribution in [1.29, 1.82) is 0 Å². The second-order valence-corrected chi connectivity index (χ2v) is 4.74. The van der Waals surface area contributed by atoms with Crippen molar-refractivity contribution >= 4 is 11.6 Å². The van der Waals surface area contributed by atoms with E-state index >= 15 is 0 Å². The van der Waals surface area contributed by atoms with Crippen LogP contribution in [-0.2, 0) is 17.9 Å². The summed E-state index contributed by atoms with van der Waals surface area (Å²) in [5.41, 5.74) is 3.34. The first-order valence-corrected chi connectivity index (χ1v) is 6.59. The molecule has 0 unspecified atom stereocenters. The highest BCUT2D eigenvalue weighted by atomic mass is 16.2. The van der Waals surface area contributed by atoms with Gasteiger partial charge in [0.25, 0.3) is 0 Å². The molecule has 0 radical (unpaired) electrons. The summed E-state index contributed by atoms with van der Waals surface area (Å²) in [4.78, 5) is 17.0. The number of carbonyl (C=O) groups is 1. The molecule has 1 aromatic heterocycles. The van der Waals surface area contributed by atoms with E-state index in [2.05, 4.69) is 10.3 Å². The van der Waals surface area contributed by atoms with Crippen LogP contribution >= 0.6 is 0 Å². The van der Waals surface area contributed by atoms with Crippen LogP contribution < -0.4 is 5.32 Å². The van der Waals surface area contributed by atoms with Crippen LogP contribution in [0.25, 0.3) is 0 Å². The van der Waals surface area contributed by atoms with Crippen molar-refractivity contribution in [2.75, 3.05) is 12.4 Å². The number of pyridine rings is 1. The van der Waals surface area contributed by atoms with Crippen molar-refractivity contribution in [3.8, 4) is 0 Å². The maximum atomic E-state index is 11.3. The van der Waals surface area contributed by atoms with Crippen molar-refractivity contribution < 1.29 is 4.79 Å². The van der Waals surface area contributed by atoms with E-state index < -0.39 is 0 Å². The lowest BCUT2D eigenvalue weighted by Crippen LogP contribution is -2.23. The van der Waals surface area contributed by atoms with Crippen LogP contribution in [-0.4, -0.2) is 22.8 Å². The molecule has 20 heavy (non-hydrogen) atoms. The molecular formula is C16H19N3O. The summed E-state index contributed by atoms with van der Waals surface area (Å²) in [7, 11) is 1.81. The summed E-state index contributed by atoms with van der Waals surface area (Å²) >= 11 is 0. The lowest BCUT2D eigenvalue weighted by Gasteiger charge is -2.18. The number of hydrogen-bond acceptors (Lipinski definition) is 3. The Morgan fingerprint density at radius 1 is 1.20 bits per heavy atom. The van der Waals surface area contributed by atoms with Crippen molar-refractivity contribution in [3.63, 3.8) is 0 Å². The standard InChI is InChI=1S/C16H19N3O/c1-13(20)19(2)12-15-5-3-4-6-16(15)18-11-14-7-9-17-10-8-14/h3-10,18H,11-12H2,1-2H3. The van der Waals surface area contributed by atoms with Gasteiger partial charge in [0, 0.05) is 45.1 Å². The lowest BCUT2D eigenvalue weighted by molar-refractivity contribution is -0.128. The quantitative estimate of drug-likeness (QED) is 0.907. The average Bonchev–Trinajstić information content (AvgIpc) is 2.47. The Morgan fingerprint density at radius 3 is 2.60 bits per heavy atom. The van der Waals surface area contributed by atoms with Crippen molar-refractivity contribution in [3.05, 3.63) is 59.9 Å². The fraction of sp³-hybridized carbons (Fsp3) is 0.250. The highest BCUT2D eigenvalue weighted by Crippen LogP contribution is 2.17. The summed E-state index contributed by atoms with van der Waals surface area (Å²) in [6.45, 7) is 2.92. The number of anilines is 1. The SMILES string of the molecule is CC(=O)N(C)Cc1ccccc1NCc1ccncc1. The van der Waals surface area contributed by atoms with Gasteiger partial charge in [-0.3, -0.25) is 9.78 Å². The van der Waals surface area contributed by atoms with E-state index in [4.69, 9.17) is 0 Å². The Labute approximate surface area is 119 Å². The predicted octanol–water partition coefficient (Wildman–Crippen LogP) is 2.67. The molecule has 1 aromatic carbocycles. The Kier molecular flexibility index (Phi) is 4.71. The normalized spacial score (nSPS) is 10.1. The van der Waals surface area contributed by atoms with Crippen molar-refractivity contribution in [2.24, 2.45) is 0 Å². The molecule has 0 aliphatic rings. The third-order valence-corrected chi connectivity index (χ3v) is 3.19. The molecule has 0 saturated heterocycles. The van der Waals surface area contributed by atoms with Gasteiger partial charge in [0.2, 0.25) is 5.91 Å². The monoisotopic (exact) mass is 269 g/mol. The summed E-state index contributed by atoms with van der Waals surface area (Å²) in [5, 5.41) is 3.41. The number of para-hydroxylation sites is 1. The summed E-state index contributed by atoms with van der Waals surface area (Å²) < 4.78 is 0. The van der Waals surface area contributed by atoms with E-state index in [1.807, 2.05) is 43.4 Å². The molecule has 2 rings (SSSR count). The molecule has 104 valence electrons. The maximum absolute atomic E-state index is 11.3. The third-order valence-electron chi connectivity index (χ3n) is 3.19. The third kappa shape index (κ3) is 3.82. The number of amides is 1. The second-order valence-electron chi connectivity index (χ2n) is 4.74. The van der Waals surface area contributed by atoms with Crippen LogP contribution in [0.15, 0.2) is 48.8 Å². The van der Waals surface area contributed by atoms with Crippen LogP contribution in [0.5, 0.6) is 0 Å². The maximum Gasteiger partial charge on any atom is 0.219 e. The van der Waals surface area contributed by atoms with Gasteiger partial charge in [0.05, 0.1) is 0 Å². The molecule has 1 heterocycles. The van der Waals surface area contributed by atoms with Crippen LogP contribution in [0.4, 0.5) is 5.69 Å². The van der Waals surface area contributed by atoms with Gasteiger partial charge in [-0.25, -0.2) is 0 Å². The minimum absolute atomic E-state index is 0.0638. The first kappa shape index (κ1) is 14.1. The van der Waals surface area contributed by atoms with E-state index in [0.29, 0.717) is 6.54 Å². The van der Waals surface area contributed by atoms with Crippen LogP contribution in [0, 0.1) is 0 Å². The minimum atomic E-state index is 0.0638. The van der Waals surface area contributed by atoms with Gasteiger partial charge < -0.3 is 10.2 Å². The molecule has 4 heteroatoms. The largest absolute Gasteiger partial charge is 0.381 e. The van der Waals surface area contributed by atoms with Crippen molar-refractivity contribution in [2.45, 2.75) is 20.0 Å². The number of hydrogen-bond donors (Lipinski definition) is 1. The molecule has 1 N–H and O–H groups in total. The Balaban J connectivity index is 2.06. The number of carbonyl (C=O) groups excluding carboxylic acids is 1. The topological polar surface area (TPSA) is 45.2 Å². The van der Waals surface area contributed by atoms with E-state index in [1.54, 1.807) is 24.2 Å². The molecule has 0 aliphatic heterocycles. The molecule has 0 fully saturated rings. The molecular weight excluding hydrogens is 250 g/mol. The average molecular weight is 269 g/mol. The highest BCUT2D eigenvalue weighted by Gasteiger charge is 2.07. The van der Waals surface area contributed by atoms with Gasteiger partial charge in [-0.2, -0.15) is 0 Å². The number of aromatic nitrogens is 1. The van der Waals surface area contributed by atoms with E-state index in [9.17, 15) is 4.79 Å². The van der Waals surface area contributed by atoms with Crippen LogP contribution in [0.1, 0.15) is 18.1 Å². The second kappa shape index (κ2) is 6.70. The Bertz CT molecular complexity index is 569. The molecule has 4 nitrogen and oxygen atoms in total. The molecule has 0 saturated carbocycles. The highest BCUT2D eigenvalue weighted by molar-refractivity contribution is 5.73. The zero-order chi connectivity index (χ0) is 14.4.